The lowest BCUT2D eigenvalue weighted by molar-refractivity contribution is 0.0488. The molecule has 0 spiro atoms. The van der Waals surface area contributed by atoms with E-state index in [-0.39, 0.29) is 35.5 Å². The van der Waals surface area contributed by atoms with E-state index >= 15 is 0 Å². The highest BCUT2D eigenvalue weighted by atomic mass is 16.5. The van der Waals surface area contributed by atoms with Gasteiger partial charge in [-0.2, -0.15) is 0 Å². The maximum atomic E-state index is 13.8. The maximum Gasteiger partial charge on any atom is 0.338 e. The van der Waals surface area contributed by atoms with Crippen LogP contribution in [0.1, 0.15) is 114 Å². The molecular weight excluding hydrogens is 937 g/mol. The summed E-state index contributed by atoms with van der Waals surface area (Å²) in [5.74, 6) is 4.57. The van der Waals surface area contributed by atoms with Gasteiger partial charge in [-0.05, 0) is 155 Å². The molecule has 0 fully saturated rings. The fourth-order valence-corrected chi connectivity index (χ4v) is 9.22. The molecule has 10 nitrogen and oxygen atoms in total. The fourth-order valence-electron chi connectivity index (χ4n) is 9.22. The van der Waals surface area contributed by atoms with Crippen molar-refractivity contribution < 1.29 is 38.1 Å². The van der Waals surface area contributed by atoms with Gasteiger partial charge in [-0.3, -0.25) is 9.59 Å². The zero-order valence-electron chi connectivity index (χ0n) is 41.5. The second-order valence-corrected chi connectivity index (χ2v) is 17.8. The average molecular weight is 989 g/mol. The van der Waals surface area contributed by atoms with E-state index in [4.69, 9.17) is 31.8 Å². The number of hydrogen-bond donors (Lipinski definition) is 2. The molecule has 2 amide bonds. The molecule has 0 atom stereocenters. The van der Waals surface area contributed by atoms with E-state index in [1.54, 1.807) is 72.8 Å². The molecule has 9 rings (SSSR count). The third-order valence-corrected chi connectivity index (χ3v) is 13.0. The van der Waals surface area contributed by atoms with Crippen molar-refractivity contribution in [1.82, 2.24) is 0 Å². The Morgan fingerprint density at radius 1 is 0.453 bits per heavy atom. The molecule has 0 bridgehead atoms. The second kappa shape index (κ2) is 22.8. The van der Waals surface area contributed by atoms with Gasteiger partial charge in [0.25, 0.3) is 11.8 Å². The lowest BCUT2D eigenvalue weighted by atomic mass is 9.68. The molecule has 2 N–H and O–H groups in total. The van der Waals surface area contributed by atoms with Crippen LogP contribution in [0.25, 0.3) is 11.1 Å². The number of anilines is 2. The van der Waals surface area contributed by atoms with Gasteiger partial charge in [0, 0.05) is 22.5 Å². The van der Waals surface area contributed by atoms with E-state index in [1.165, 1.54) is 12.1 Å². The summed E-state index contributed by atoms with van der Waals surface area (Å²) < 4.78 is 23.9. The van der Waals surface area contributed by atoms with Crippen molar-refractivity contribution in [1.29, 1.82) is 0 Å². The van der Waals surface area contributed by atoms with Crippen molar-refractivity contribution in [2.45, 2.75) is 44.9 Å². The van der Waals surface area contributed by atoms with Gasteiger partial charge >= 0.3 is 11.9 Å². The van der Waals surface area contributed by atoms with E-state index in [0.29, 0.717) is 58.3 Å². The van der Waals surface area contributed by atoms with Crippen LogP contribution >= 0.6 is 0 Å². The number of ether oxygens (including phenoxy) is 4. The molecule has 8 aromatic rings. The van der Waals surface area contributed by atoms with Crippen LogP contribution in [0.3, 0.4) is 0 Å². The molecule has 0 saturated heterocycles. The van der Waals surface area contributed by atoms with Gasteiger partial charge in [0.15, 0.2) is 0 Å². The minimum Gasteiger partial charge on any atom is -0.462 e. The summed E-state index contributed by atoms with van der Waals surface area (Å²) in [5.41, 5.74) is 8.27. The minimum absolute atomic E-state index is 0.0887. The lowest BCUT2D eigenvalue weighted by Gasteiger charge is -2.34. The number of fused-ring (bicyclic) bond motifs is 3. The smallest absolute Gasteiger partial charge is 0.338 e. The van der Waals surface area contributed by atoms with Gasteiger partial charge in [-0.15, -0.1) is 12.8 Å². The molecule has 370 valence electrons. The third-order valence-electron chi connectivity index (χ3n) is 13.0. The number of esters is 2. The van der Waals surface area contributed by atoms with Gasteiger partial charge in [-0.1, -0.05) is 111 Å². The fraction of sp³-hybridized carbons (Fsp3) is 0.138. The van der Waals surface area contributed by atoms with E-state index < -0.39 is 29.2 Å². The van der Waals surface area contributed by atoms with Crippen LogP contribution in [0, 0.1) is 24.7 Å². The standard InChI is InChI=1S/C65H52N2O8/c1-5-9-39-72-63(70)55-37-35-51(41-57(55)61(68)66-47-27-19-43(7-3)20-28-47)74-49-31-23-45(24-32-49)65(59-17-13-11-15-53(59)54-16-12-14-18-60(54)65)46-25-33-50(34-26-46)75-52-36-38-56(64(71)73-40-10-6-2)58(42-52)62(69)67-48-29-21-44(8-4)22-30-48/h3-4,11-38,41-42H,5-6,9-10,39-40H2,1-2H3,(H,66,68)(H,67,69). The first-order valence-corrected chi connectivity index (χ1v) is 24.8. The largest absolute Gasteiger partial charge is 0.462 e. The van der Waals surface area contributed by atoms with Crippen LogP contribution in [0.5, 0.6) is 23.0 Å². The van der Waals surface area contributed by atoms with Crippen molar-refractivity contribution in [3.8, 4) is 58.8 Å². The van der Waals surface area contributed by atoms with Crippen molar-refractivity contribution in [3.63, 3.8) is 0 Å². The Balaban J connectivity index is 1.03. The zero-order chi connectivity index (χ0) is 52.3. The summed E-state index contributed by atoms with van der Waals surface area (Å²) in [5, 5.41) is 5.74. The molecule has 8 aromatic carbocycles. The first-order chi connectivity index (χ1) is 36.6. The first kappa shape index (κ1) is 50.3. The zero-order valence-corrected chi connectivity index (χ0v) is 41.5. The summed E-state index contributed by atoms with van der Waals surface area (Å²) >= 11 is 0. The molecule has 1 aliphatic carbocycles. The first-order valence-electron chi connectivity index (χ1n) is 24.8. The Labute approximate surface area is 436 Å². The summed E-state index contributed by atoms with van der Waals surface area (Å²) in [6.07, 6.45) is 14.1. The van der Waals surface area contributed by atoms with Crippen LogP contribution in [0.4, 0.5) is 11.4 Å². The second-order valence-electron chi connectivity index (χ2n) is 17.8. The number of terminal acetylenes is 2. The van der Waals surface area contributed by atoms with Crippen molar-refractivity contribution in [2.24, 2.45) is 0 Å². The van der Waals surface area contributed by atoms with Crippen LogP contribution in [0.15, 0.2) is 182 Å². The summed E-state index contributed by atoms with van der Waals surface area (Å²) in [6, 6.07) is 55.6. The maximum absolute atomic E-state index is 13.8. The summed E-state index contributed by atoms with van der Waals surface area (Å²) in [6.45, 7) is 4.46. The van der Waals surface area contributed by atoms with Crippen LogP contribution in [-0.4, -0.2) is 37.0 Å². The highest BCUT2D eigenvalue weighted by Gasteiger charge is 2.46. The highest BCUT2D eigenvalue weighted by molar-refractivity contribution is 6.12. The van der Waals surface area contributed by atoms with Crippen LogP contribution in [0.2, 0.25) is 0 Å². The van der Waals surface area contributed by atoms with Crippen LogP contribution in [-0.2, 0) is 14.9 Å². The van der Waals surface area contributed by atoms with E-state index in [2.05, 4.69) is 46.7 Å². The summed E-state index contributed by atoms with van der Waals surface area (Å²) in [4.78, 5) is 54.3. The van der Waals surface area contributed by atoms with Gasteiger partial charge in [0.1, 0.15) is 23.0 Å². The molecule has 0 unspecified atom stereocenters. The predicted octanol–water partition coefficient (Wildman–Crippen LogP) is 14.0. The number of amides is 2. The molecule has 0 saturated carbocycles. The molecule has 0 heterocycles. The van der Waals surface area contributed by atoms with Crippen LogP contribution < -0.4 is 20.1 Å². The molecule has 0 aromatic heterocycles. The van der Waals surface area contributed by atoms with Gasteiger partial charge in [-0.25, -0.2) is 9.59 Å². The Morgan fingerprint density at radius 3 is 1.20 bits per heavy atom. The predicted molar refractivity (Wildman–Crippen MR) is 292 cm³/mol. The number of rotatable bonds is 18. The van der Waals surface area contributed by atoms with E-state index in [0.717, 1.165) is 46.2 Å². The average Bonchev–Trinajstić information content (AvgIpc) is 3.87. The number of benzene rings is 8. The Morgan fingerprint density at radius 2 is 0.827 bits per heavy atom. The van der Waals surface area contributed by atoms with Crippen molar-refractivity contribution >= 4 is 35.1 Å². The Kier molecular flexibility index (Phi) is 15.3. The molecule has 75 heavy (non-hydrogen) atoms. The number of carbonyl (C=O) groups is 4. The third kappa shape index (κ3) is 10.8. The monoisotopic (exact) mass is 988 g/mol. The van der Waals surface area contributed by atoms with Gasteiger partial charge in [0.2, 0.25) is 0 Å². The van der Waals surface area contributed by atoms with E-state index in [9.17, 15) is 19.2 Å². The number of hydrogen-bond acceptors (Lipinski definition) is 8. The number of carbonyl (C=O) groups excluding carboxylic acids is 4. The minimum atomic E-state index is -0.781. The molecule has 1 aliphatic rings. The Hall–Kier alpha value is -9.64. The number of nitrogens with one attached hydrogen (secondary N) is 2. The normalized spacial score (nSPS) is 11.7. The SMILES string of the molecule is C#Cc1ccc(NC(=O)c2cc(Oc3ccc(C4(c5ccc(Oc6ccc(C(=O)OCCCC)c(C(=O)Nc7ccc(C#C)cc7)c6)cc5)c5ccccc5-c5ccccc54)cc3)ccc2C(=O)OCCCC)cc1. The highest BCUT2D eigenvalue weighted by Crippen LogP contribution is 2.56. The van der Waals surface area contributed by atoms with E-state index in [1.807, 2.05) is 86.6 Å². The topological polar surface area (TPSA) is 129 Å². The molecule has 0 radical (unpaired) electrons. The molecule has 0 aliphatic heterocycles. The van der Waals surface area contributed by atoms with Crippen molar-refractivity contribution in [3.05, 3.63) is 238 Å². The number of unbranched alkanes of at least 4 members (excludes halogenated alkanes) is 2. The quantitative estimate of drug-likeness (QED) is 0.0494. The molecule has 10 heteroatoms. The summed E-state index contributed by atoms with van der Waals surface area (Å²) in [7, 11) is 0. The van der Waals surface area contributed by atoms with Gasteiger partial charge < -0.3 is 29.6 Å². The van der Waals surface area contributed by atoms with Crippen molar-refractivity contribution in [2.75, 3.05) is 23.8 Å². The van der Waals surface area contributed by atoms with Gasteiger partial charge in [0.05, 0.1) is 40.9 Å². The molecular formula is C65H52N2O8. The Bertz CT molecular complexity index is 3260. The lowest BCUT2D eigenvalue weighted by Crippen LogP contribution is -2.28.